The Hall–Kier alpha value is -4.03. The Balaban J connectivity index is 1.58. The number of piperazine rings is 1. The number of aromatic hydroxyl groups is 1. The highest BCUT2D eigenvalue weighted by Crippen LogP contribution is 2.22. The minimum Gasteiger partial charge on any atom is -0.507 e. The minimum absolute atomic E-state index is 0.0136. The number of nitrogens with one attached hydrogen (secondary N) is 2. The van der Waals surface area contributed by atoms with E-state index in [9.17, 15) is 15.2 Å². The average Bonchev–Trinajstić information content (AvgIpc) is 2.82. The number of aromatic nitrogens is 3. The van der Waals surface area contributed by atoms with Gasteiger partial charge in [-0.2, -0.15) is 20.1 Å². The zero-order valence-electron chi connectivity index (χ0n) is 18.2. The first-order chi connectivity index (χ1) is 16.4. The van der Waals surface area contributed by atoms with Crippen LogP contribution in [0.5, 0.6) is 5.75 Å². The van der Waals surface area contributed by atoms with E-state index in [0.717, 1.165) is 26.2 Å². The summed E-state index contributed by atoms with van der Waals surface area (Å²) >= 11 is 5.97. The van der Waals surface area contributed by atoms with Crippen molar-refractivity contribution >= 4 is 47.0 Å². The third kappa shape index (κ3) is 5.85. The van der Waals surface area contributed by atoms with Crippen LogP contribution in [0.4, 0.5) is 29.2 Å². The fraction of sp³-hybridized carbons (Fsp3) is 0.238. The van der Waals surface area contributed by atoms with Crippen LogP contribution in [0, 0.1) is 10.1 Å². The first-order valence-electron chi connectivity index (χ1n) is 10.4. The molecule has 0 aliphatic carbocycles. The number of halogens is 1. The molecule has 12 nitrogen and oxygen atoms in total. The number of rotatable bonds is 7. The van der Waals surface area contributed by atoms with Crippen LogP contribution in [0.2, 0.25) is 5.02 Å². The third-order valence-corrected chi connectivity index (χ3v) is 5.34. The molecule has 1 aliphatic rings. The van der Waals surface area contributed by atoms with Gasteiger partial charge in [0.05, 0.1) is 11.1 Å². The topological polar surface area (TPSA) is 145 Å². The van der Waals surface area contributed by atoms with Gasteiger partial charge in [-0.3, -0.25) is 10.1 Å². The van der Waals surface area contributed by atoms with Gasteiger partial charge in [-0.15, -0.1) is 0 Å². The van der Waals surface area contributed by atoms with Crippen molar-refractivity contribution in [1.82, 2.24) is 19.9 Å². The van der Waals surface area contributed by atoms with E-state index in [-0.39, 0.29) is 23.3 Å². The molecule has 3 aromatic rings. The highest BCUT2D eigenvalue weighted by Gasteiger charge is 2.19. The maximum absolute atomic E-state index is 10.9. The molecule has 1 saturated heterocycles. The maximum Gasteiger partial charge on any atom is 0.269 e. The average molecular weight is 484 g/mol. The number of benzene rings is 2. The summed E-state index contributed by atoms with van der Waals surface area (Å²) < 4.78 is 0. The van der Waals surface area contributed by atoms with Crippen LogP contribution in [-0.2, 0) is 0 Å². The summed E-state index contributed by atoms with van der Waals surface area (Å²) in [5, 5.41) is 28.5. The molecule has 0 spiro atoms. The van der Waals surface area contributed by atoms with Crippen molar-refractivity contribution in [3.05, 3.63) is 63.2 Å². The van der Waals surface area contributed by atoms with Crippen molar-refractivity contribution in [2.75, 3.05) is 48.9 Å². The van der Waals surface area contributed by atoms with Gasteiger partial charge in [-0.25, -0.2) is 5.43 Å². The first-order valence-corrected chi connectivity index (χ1v) is 10.7. The second-order valence-electron chi connectivity index (χ2n) is 7.58. The van der Waals surface area contributed by atoms with Gasteiger partial charge in [-0.05, 0) is 37.4 Å². The lowest BCUT2D eigenvalue weighted by molar-refractivity contribution is -0.384. The van der Waals surface area contributed by atoms with Crippen molar-refractivity contribution in [2.24, 2.45) is 5.10 Å². The number of phenols is 1. The monoisotopic (exact) mass is 483 g/mol. The van der Waals surface area contributed by atoms with E-state index in [0.29, 0.717) is 22.2 Å². The van der Waals surface area contributed by atoms with Gasteiger partial charge >= 0.3 is 0 Å². The Bertz CT molecular complexity index is 1200. The van der Waals surface area contributed by atoms with Crippen LogP contribution in [-0.4, -0.2) is 69.3 Å². The third-order valence-electron chi connectivity index (χ3n) is 5.10. The summed E-state index contributed by atoms with van der Waals surface area (Å²) in [5.41, 5.74) is 3.76. The predicted molar refractivity (Wildman–Crippen MR) is 130 cm³/mol. The molecule has 2 heterocycles. The quantitative estimate of drug-likeness (QED) is 0.260. The molecular formula is C21H22ClN9O3. The Kier molecular flexibility index (Phi) is 6.99. The molecule has 4 rings (SSSR count). The number of anilines is 4. The normalized spacial score (nSPS) is 14.4. The zero-order valence-corrected chi connectivity index (χ0v) is 19.0. The van der Waals surface area contributed by atoms with Gasteiger partial charge in [-0.1, -0.05) is 11.6 Å². The molecule has 0 amide bonds. The van der Waals surface area contributed by atoms with Crippen LogP contribution in [0.1, 0.15) is 5.56 Å². The van der Waals surface area contributed by atoms with E-state index in [2.05, 4.69) is 42.7 Å². The number of hydrogen-bond donors (Lipinski definition) is 3. The highest BCUT2D eigenvalue weighted by molar-refractivity contribution is 6.30. The number of hydrogen-bond acceptors (Lipinski definition) is 11. The van der Waals surface area contributed by atoms with Gasteiger partial charge in [0.2, 0.25) is 17.8 Å². The van der Waals surface area contributed by atoms with E-state index in [4.69, 9.17) is 11.6 Å². The minimum atomic E-state index is -0.462. The molecule has 0 atom stereocenters. The Morgan fingerprint density at radius 3 is 2.50 bits per heavy atom. The SMILES string of the molecule is CN1CCN(c2nc(NN=Cc3cc(Cl)ccc3O)nc(Nc3ccc([N+](=O)[O-])cc3)n2)CC1. The number of likely N-dealkylation sites (N-methyl/N-ethyl adjacent to an activating group) is 1. The molecule has 0 radical (unpaired) electrons. The van der Waals surface area contributed by atoms with Gasteiger partial charge in [0.25, 0.3) is 5.69 Å². The maximum atomic E-state index is 10.9. The van der Waals surface area contributed by atoms with Crippen LogP contribution in [0.15, 0.2) is 47.6 Å². The Morgan fingerprint density at radius 2 is 1.79 bits per heavy atom. The van der Waals surface area contributed by atoms with Gasteiger partial charge in [0.15, 0.2) is 0 Å². The summed E-state index contributed by atoms with van der Waals surface area (Å²) in [6.07, 6.45) is 1.41. The zero-order chi connectivity index (χ0) is 24.1. The molecule has 13 heteroatoms. The number of nitro groups is 1. The van der Waals surface area contributed by atoms with Gasteiger partial charge in [0, 0.05) is 54.6 Å². The van der Waals surface area contributed by atoms with Crippen LogP contribution < -0.4 is 15.6 Å². The molecular weight excluding hydrogens is 462 g/mol. The molecule has 1 aliphatic heterocycles. The smallest absolute Gasteiger partial charge is 0.269 e. The number of phenolic OH excluding ortho intramolecular Hbond substituents is 1. The number of nitrogens with zero attached hydrogens (tertiary/aromatic N) is 7. The summed E-state index contributed by atoms with van der Waals surface area (Å²) in [6.45, 7) is 3.23. The van der Waals surface area contributed by atoms with Crippen molar-refractivity contribution in [1.29, 1.82) is 0 Å². The molecule has 1 fully saturated rings. The summed E-state index contributed by atoms with van der Waals surface area (Å²) in [5.74, 6) is 0.937. The standard InChI is InChI=1S/C21H22ClN9O3/c1-29-8-10-30(11-9-29)21-26-19(24-16-3-5-17(6-4-16)31(33)34)25-20(27-21)28-23-13-14-12-15(22)2-7-18(14)32/h2-7,12-13,32H,8-11H2,1H3,(H2,24,25,26,27,28). The number of hydrazone groups is 1. The second kappa shape index (κ2) is 10.3. The lowest BCUT2D eigenvalue weighted by Gasteiger charge is -2.32. The predicted octanol–water partition coefficient (Wildman–Crippen LogP) is 3.08. The molecule has 1 aromatic heterocycles. The molecule has 176 valence electrons. The lowest BCUT2D eigenvalue weighted by atomic mass is 10.2. The number of nitro benzene ring substituents is 1. The fourth-order valence-corrected chi connectivity index (χ4v) is 3.38. The van der Waals surface area contributed by atoms with E-state index in [1.54, 1.807) is 24.3 Å². The molecule has 0 unspecified atom stereocenters. The Labute approximate surface area is 200 Å². The lowest BCUT2D eigenvalue weighted by Crippen LogP contribution is -2.45. The fourth-order valence-electron chi connectivity index (χ4n) is 3.20. The molecule has 3 N–H and O–H groups in total. The molecule has 34 heavy (non-hydrogen) atoms. The molecule has 0 saturated carbocycles. The highest BCUT2D eigenvalue weighted by atomic mass is 35.5. The molecule has 0 bridgehead atoms. The second-order valence-corrected chi connectivity index (χ2v) is 8.01. The number of non-ortho nitro benzene ring substituents is 1. The van der Waals surface area contributed by atoms with Crippen molar-refractivity contribution < 1.29 is 10.0 Å². The van der Waals surface area contributed by atoms with E-state index in [1.807, 2.05) is 4.90 Å². The summed E-state index contributed by atoms with van der Waals surface area (Å²) in [6, 6.07) is 10.6. The van der Waals surface area contributed by atoms with Gasteiger partial charge in [0.1, 0.15) is 5.75 Å². The van der Waals surface area contributed by atoms with Crippen LogP contribution in [0.25, 0.3) is 0 Å². The van der Waals surface area contributed by atoms with Crippen molar-refractivity contribution in [3.8, 4) is 5.75 Å². The van der Waals surface area contributed by atoms with E-state index in [1.165, 1.54) is 24.4 Å². The van der Waals surface area contributed by atoms with Crippen molar-refractivity contribution in [3.63, 3.8) is 0 Å². The summed E-state index contributed by atoms with van der Waals surface area (Å²) in [4.78, 5) is 28.0. The molecule has 2 aromatic carbocycles. The van der Waals surface area contributed by atoms with Crippen LogP contribution in [0.3, 0.4) is 0 Å². The van der Waals surface area contributed by atoms with Crippen LogP contribution >= 0.6 is 11.6 Å². The van der Waals surface area contributed by atoms with Crippen molar-refractivity contribution in [2.45, 2.75) is 0 Å². The van der Waals surface area contributed by atoms with E-state index < -0.39 is 4.92 Å². The summed E-state index contributed by atoms with van der Waals surface area (Å²) in [7, 11) is 2.05. The largest absolute Gasteiger partial charge is 0.507 e. The van der Waals surface area contributed by atoms with E-state index >= 15 is 0 Å². The Morgan fingerprint density at radius 1 is 1.09 bits per heavy atom. The van der Waals surface area contributed by atoms with Gasteiger partial charge < -0.3 is 20.2 Å². The first kappa shape index (κ1) is 23.1.